The average molecular weight is 324 g/mol. The molecule has 22 heavy (non-hydrogen) atoms. The van der Waals surface area contributed by atoms with Gasteiger partial charge in [0.15, 0.2) is 0 Å². The van der Waals surface area contributed by atoms with Crippen molar-refractivity contribution in [3.05, 3.63) is 35.4 Å². The number of benzene rings is 1. The Morgan fingerprint density at radius 2 is 1.32 bits per heavy atom. The summed E-state index contributed by atoms with van der Waals surface area (Å²) in [6, 6.07) is 6.59. The van der Waals surface area contributed by atoms with Crippen LogP contribution in [0.15, 0.2) is 24.3 Å². The van der Waals surface area contributed by atoms with Gasteiger partial charge in [0.1, 0.15) is 0 Å². The van der Waals surface area contributed by atoms with E-state index in [2.05, 4.69) is 0 Å². The number of hydrogen-bond donors (Lipinski definition) is 0. The summed E-state index contributed by atoms with van der Waals surface area (Å²) >= 11 is 0. The van der Waals surface area contributed by atoms with Gasteiger partial charge in [-0.15, -0.1) is 0 Å². The zero-order valence-electron chi connectivity index (χ0n) is 13.3. The Kier molecular flexibility index (Phi) is 4.97. The van der Waals surface area contributed by atoms with Crippen molar-refractivity contribution in [1.82, 2.24) is 0 Å². The molecule has 1 aromatic rings. The maximum atomic E-state index is 13.5. The van der Waals surface area contributed by atoms with Crippen LogP contribution in [0.3, 0.4) is 0 Å². The van der Waals surface area contributed by atoms with E-state index in [1.807, 2.05) is 20.8 Å². The Bertz CT molecular complexity index is 516. The van der Waals surface area contributed by atoms with Crippen molar-refractivity contribution in [3.8, 4) is 0 Å². The molecule has 1 rings (SSSR count). The molecule has 1 aromatic carbocycles. The molecule has 1 unspecified atom stereocenters. The van der Waals surface area contributed by atoms with Crippen molar-refractivity contribution in [3.63, 3.8) is 0 Å². The molecule has 1 nitrogen and oxygen atoms in total. The fraction of sp³-hybridized carbons (Fsp3) is 0.625. The van der Waals surface area contributed by atoms with E-state index in [1.54, 1.807) is 18.2 Å². The van der Waals surface area contributed by atoms with Crippen molar-refractivity contribution in [1.29, 1.82) is 0 Å². The van der Waals surface area contributed by atoms with Crippen LogP contribution < -0.4 is 0 Å². The highest BCUT2D eigenvalue weighted by molar-refractivity contribution is 5.37. The monoisotopic (exact) mass is 324 g/mol. The summed E-state index contributed by atoms with van der Waals surface area (Å²) in [7, 11) is 1.14. The molecule has 0 heterocycles. The molecule has 0 aliphatic carbocycles. The van der Waals surface area contributed by atoms with Gasteiger partial charge in [-0.25, -0.2) is 0 Å². The minimum absolute atomic E-state index is 0.342. The SMILES string of the molecule is COC(C)(CC(F)(F)C(F)(F)F)c1ccccc1C(C)(C)C. The highest BCUT2D eigenvalue weighted by Crippen LogP contribution is 2.46. The first-order valence-electron chi connectivity index (χ1n) is 6.84. The number of hydrogen-bond acceptors (Lipinski definition) is 1. The minimum Gasteiger partial charge on any atom is -0.374 e. The van der Waals surface area contributed by atoms with Crippen LogP contribution in [0.1, 0.15) is 45.2 Å². The van der Waals surface area contributed by atoms with Gasteiger partial charge < -0.3 is 4.74 Å². The lowest BCUT2D eigenvalue weighted by atomic mass is 9.77. The number of methoxy groups -OCH3 is 1. The summed E-state index contributed by atoms with van der Waals surface area (Å²) in [4.78, 5) is 0. The van der Waals surface area contributed by atoms with E-state index in [1.165, 1.54) is 13.0 Å². The number of ether oxygens (including phenoxy) is 1. The second kappa shape index (κ2) is 5.80. The van der Waals surface area contributed by atoms with Gasteiger partial charge in [0.25, 0.3) is 0 Å². The van der Waals surface area contributed by atoms with Crippen LogP contribution in [0.5, 0.6) is 0 Å². The Labute approximate surface area is 127 Å². The standard InChI is InChI=1S/C16H21F5O/c1-13(2,3)11-8-6-7-9-12(11)14(4,22-5)10-15(17,18)16(19,20)21/h6-9H,10H2,1-5H3. The molecular formula is C16H21F5O. The highest BCUT2D eigenvalue weighted by atomic mass is 19.4. The van der Waals surface area contributed by atoms with E-state index in [-0.39, 0.29) is 0 Å². The fourth-order valence-corrected chi connectivity index (χ4v) is 2.40. The normalized spacial score (nSPS) is 16.5. The molecule has 0 aliphatic heterocycles. The van der Waals surface area contributed by atoms with Gasteiger partial charge in [-0.1, -0.05) is 45.0 Å². The molecule has 0 fully saturated rings. The molecule has 6 heteroatoms. The smallest absolute Gasteiger partial charge is 0.374 e. The van der Waals surface area contributed by atoms with E-state index in [4.69, 9.17) is 4.74 Å². The van der Waals surface area contributed by atoms with Crippen molar-refractivity contribution >= 4 is 0 Å². The van der Waals surface area contributed by atoms with Crippen LogP contribution in [0.2, 0.25) is 0 Å². The molecule has 1 atom stereocenters. The minimum atomic E-state index is -5.61. The van der Waals surface area contributed by atoms with Gasteiger partial charge in [0, 0.05) is 7.11 Å². The highest BCUT2D eigenvalue weighted by Gasteiger charge is 2.60. The summed E-state index contributed by atoms with van der Waals surface area (Å²) in [6.07, 6.45) is -7.07. The third kappa shape index (κ3) is 3.77. The maximum Gasteiger partial charge on any atom is 0.453 e. The summed E-state index contributed by atoms with van der Waals surface area (Å²) < 4.78 is 69.8. The first kappa shape index (κ1) is 18.9. The fourth-order valence-electron chi connectivity index (χ4n) is 2.40. The van der Waals surface area contributed by atoms with Crippen LogP contribution in [0, 0.1) is 0 Å². The molecule has 0 bridgehead atoms. The van der Waals surface area contributed by atoms with Crippen LogP contribution in [-0.2, 0) is 15.8 Å². The van der Waals surface area contributed by atoms with Crippen molar-refractivity contribution < 1.29 is 26.7 Å². The largest absolute Gasteiger partial charge is 0.453 e. The first-order valence-corrected chi connectivity index (χ1v) is 6.84. The lowest BCUT2D eigenvalue weighted by Crippen LogP contribution is -2.44. The second-order valence-corrected chi connectivity index (χ2v) is 6.61. The van der Waals surface area contributed by atoms with Crippen LogP contribution >= 0.6 is 0 Å². The molecule has 0 spiro atoms. The Morgan fingerprint density at radius 3 is 1.68 bits per heavy atom. The third-order valence-corrected chi connectivity index (χ3v) is 3.73. The van der Waals surface area contributed by atoms with E-state index < -0.39 is 29.5 Å². The maximum absolute atomic E-state index is 13.5. The Balaban J connectivity index is 3.38. The Morgan fingerprint density at radius 1 is 0.864 bits per heavy atom. The average Bonchev–Trinajstić information content (AvgIpc) is 2.35. The number of halogens is 5. The number of alkyl halides is 5. The van der Waals surface area contributed by atoms with E-state index in [0.717, 1.165) is 7.11 Å². The molecule has 0 amide bonds. The van der Waals surface area contributed by atoms with Gasteiger partial charge >= 0.3 is 12.1 Å². The molecule has 0 radical (unpaired) electrons. The predicted octanol–water partition coefficient (Wildman–Crippen LogP) is 5.43. The Hall–Kier alpha value is -1.17. The van der Waals surface area contributed by atoms with Gasteiger partial charge in [0.05, 0.1) is 12.0 Å². The lowest BCUT2D eigenvalue weighted by Gasteiger charge is -2.37. The van der Waals surface area contributed by atoms with Crippen molar-refractivity contribution in [2.24, 2.45) is 0 Å². The van der Waals surface area contributed by atoms with Crippen molar-refractivity contribution in [2.45, 2.75) is 57.2 Å². The topological polar surface area (TPSA) is 9.23 Å². The summed E-state index contributed by atoms with van der Waals surface area (Å²) in [5, 5.41) is 0. The quantitative estimate of drug-likeness (QED) is 0.671. The van der Waals surface area contributed by atoms with Crippen molar-refractivity contribution in [2.75, 3.05) is 7.11 Å². The second-order valence-electron chi connectivity index (χ2n) is 6.61. The zero-order valence-corrected chi connectivity index (χ0v) is 13.3. The van der Waals surface area contributed by atoms with Crippen LogP contribution in [0.25, 0.3) is 0 Å². The molecular weight excluding hydrogens is 303 g/mol. The predicted molar refractivity (Wildman–Crippen MR) is 75.1 cm³/mol. The molecule has 126 valence electrons. The van der Waals surface area contributed by atoms with Gasteiger partial charge in [-0.2, -0.15) is 22.0 Å². The number of rotatable bonds is 4. The zero-order chi connectivity index (χ0) is 17.4. The van der Waals surface area contributed by atoms with E-state index in [9.17, 15) is 22.0 Å². The lowest BCUT2D eigenvalue weighted by molar-refractivity contribution is -0.298. The molecule has 0 aliphatic rings. The molecule has 0 saturated carbocycles. The van der Waals surface area contributed by atoms with Crippen LogP contribution in [-0.4, -0.2) is 19.2 Å². The van der Waals surface area contributed by atoms with E-state index >= 15 is 0 Å². The summed E-state index contributed by atoms with van der Waals surface area (Å²) in [6.45, 7) is 6.86. The van der Waals surface area contributed by atoms with E-state index in [0.29, 0.717) is 11.1 Å². The third-order valence-electron chi connectivity index (χ3n) is 3.73. The first-order chi connectivity index (χ1) is 9.74. The van der Waals surface area contributed by atoms with Gasteiger partial charge in [-0.05, 0) is 23.5 Å². The van der Waals surface area contributed by atoms with Gasteiger partial charge in [-0.3, -0.25) is 0 Å². The molecule has 0 N–H and O–H groups in total. The molecule has 0 aromatic heterocycles. The molecule has 0 saturated heterocycles. The summed E-state index contributed by atoms with van der Waals surface area (Å²) in [5.41, 5.74) is -1.14. The van der Waals surface area contributed by atoms with Crippen LogP contribution in [0.4, 0.5) is 22.0 Å². The summed E-state index contributed by atoms with van der Waals surface area (Å²) in [5.74, 6) is -4.83. The van der Waals surface area contributed by atoms with Gasteiger partial charge in [0.2, 0.25) is 0 Å².